The van der Waals surface area contributed by atoms with Crippen molar-refractivity contribution in [1.82, 2.24) is 14.5 Å². The summed E-state index contributed by atoms with van der Waals surface area (Å²) in [4.78, 5) is 6.70. The average molecular weight is 257 g/mol. The summed E-state index contributed by atoms with van der Waals surface area (Å²) < 4.78 is 2.09. The smallest absolute Gasteiger partial charge is 0.109 e. The summed E-state index contributed by atoms with van der Waals surface area (Å²) in [5.41, 5.74) is 2.78. The molecule has 0 atom stereocenters. The van der Waals surface area contributed by atoms with Crippen LogP contribution in [0.1, 0.15) is 23.9 Å². The van der Waals surface area contributed by atoms with Gasteiger partial charge in [-0.2, -0.15) is 0 Å². The molecule has 0 saturated heterocycles. The molecule has 1 aromatic heterocycles. The monoisotopic (exact) mass is 257 g/mol. The van der Waals surface area contributed by atoms with Crippen LogP contribution in [0.2, 0.25) is 0 Å². The number of likely N-dealkylation sites (N-methyl/N-ethyl adjacent to an activating group) is 1. The normalized spacial score (nSPS) is 11.2. The Balaban J connectivity index is 1.83. The van der Waals surface area contributed by atoms with Gasteiger partial charge in [0.25, 0.3) is 0 Å². The number of rotatable bonds is 6. The molecule has 0 aliphatic heterocycles. The Labute approximate surface area is 115 Å². The van der Waals surface area contributed by atoms with Crippen LogP contribution >= 0.6 is 0 Å². The van der Waals surface area contributed by atoms with Crippen molar-refractivity contribution in [1.29, 1.82) is 0 Å². The quantitative estimate of drug-likeness (QED) is 0.793. The molecule has 2 aromatic rings. The van der Waals surface area contributed by atoms with E-state index in [1.807, 2.05) is 19.4 Å². The standard InChI is InChI=1S/C16H23N3/c1-4-14-5-7-15(8-6-14)13-18(2)11-9-16-17-10-12-19(16)3/h5-8,10,12H,4,9,11,13H2,1-3H3. The van der Waals surface area contributed by atoms with E-state index in [4.69, 9.17) is 0 Å². The van der Waals surface area contributed by atoms with Crippen molar-refractivity contribution < 1.29 is 0 Å². The molecule has 0 fully saturated rings. The first kappa shape index (κ1) is 13.8. The number of aromatic nitrogens is 2. The van der Waals surface area contributed by atoms with Crippen LogP contribution in [0.4, 0.5) is 0 Å². The minimum atomic E-state index is 0.993. The molecule has 0 spiro atoms. The van der Waals surface area contributed by atoms with Gasteiger partial charge in [0.05, 0.1) is 0 Å². The Kier molecular flexibility index (Phi) is 4.74. The predicted octanol–water partition coefficient (Wildman–Crippen LogP) is 2.66. The van der Waals surface area contributed by atoms with Crippen LogP contribution in [0.5, 0.6) is 0 Å². The van der Waals surface area contributed by atoms with Gasteiger partial charge in [0.1, 0.15) is 5.82 Å². The molecule has 0 aliphatic carbocycles. The summed E-state index contributed by atoms with van der Waals surface area (Å²) in [6, 6.07) is 8.91. The number of nitrogens with zero attached hydrogens (tertiary/aromatic N) is 3. The van der Waals surface area contributed by atoms with Crippen molar-refractivity contribution in [2.24, 2.45) is 7.05 Å². The highest BCUT2D eigenvalue weighted by Crippen LogP contribution is 2.08. The van der Waals surface area contributed by atoms with E-state index >= 15 is 0 Å². The first-order chi connectivity index (χ1) is 9.19. The van der Waals surface area contributed by atoms with E-state index < -0.39 is 0 Å². The van der Waals surface area contributed by atoms with Gasteiger partial charge in [0, 0.05) is 39.0 Å². The zero-order chi connectivity index (χ0) is 13.7. The van der Waals surface area contributed by atoms with Crippen molar-refractivity contribution >= 4 is 0 Å². The Morgan fingerprint density at radius 3 is 2.42 bits per heavy atom. The fraction of sp³-hybridized carbons (Fsp3) is 0.438. The fourth-order valence-electron chi connectivity index (χ4n) is 2.20. The van der Waals surface area contributed by atoms with E-state index in [0.29, 0.717) is 0 Å². The molecule has 0 aliphatic rings. The Morgan fingerprint density at radius 2 is 1.84 bits per heavy atom. The molecule has 0 saturated carbocycles. The highest BCUT2D eigenvalue weighted by molar-refractivity contribution is 5.22. The van der Waals surface area contributed by atoms with Crippen LogP contribution in [0.25, 0.3) is 0 Å². The predicted molar refractivity (Wildman–Crippen MR) is 79.1 cm³/mol. The maximum atomic E-state index is 4.35. The van der Waals surface area contributed by atoms with Crippen LogP contribution in [-0.4, -0.2) is 28.0 Å². The highest BCUT2D eigenvalue weighted by Gasteiger charge is 2.04. The van der Waals surface area contributed by atoms with Gasteiger partial charge in [0.2, 0.25) is 0 Å². The molecule has 19 heavy (non-hydrogen) atoms. The van der Waals surface area contributed by atoms with Crippen molar-refractivity contribution in [3.05, 3.63) is 53.6 Å². The van der Waals surface area contributed by atoms with Crippen molar-refractivity contribution in [2.75, 3.05) is 13.6 Å². The minimum Gasteiger partial charge on any atom is -0.338 e. The lowest BCUT2D eigenvalue weighted by Gasteiger charge is -2.16. The van der Waals surface area contributed by atoms with Gasteiger partial charge in [-0.1, -0.05) is 31.2 Å². The number of aryl methyl sites for hydroxylation is 2. The topological polar surface area (TPSA) is 21.1 Å². The van der Waals surface area contributed by atoms with E-state index in [1.165, 1.54) is 11.1 Å². The highest BCUT2D eigenvalue weighted by atomic mass is 15.1. The first-order valence-corrected chi connectivity index (χ1v) is 6.91. The molecule has 1 heterocycles. The second kappa shape index (κ2) is 6.53. The molecule has 2 rings (SSSR count). The summed E-state index contributed by atoms with van der Waals surface area (Å²) in [7, 11) is 4.21. The maximum Gasteiger partial charge on any atom is 0.109 e. The van der Waals surface area contributed by atoms with Crippen molar-refractivity contribution in [2.45, 2.75) is 26.3 Å². The van der Waals surface area contributed by atoms with E-state index in [1.54, 1.807) is 0 Å². The van der Waals surface area contributed by atoms with Crippen molar-refractivity contribution in [3.63, 3.8) is 0 Å². The summed E-state index contributed by atoms with van der Waals surface area (Å²) in [6.07, 6.45) is 5.96. The number of hydrogen-bond acceptors (Lipinski definition) is 2. The van der Waals surface area contributed by atoms with Gasteiger partial charge in [-0.15, -0.1) is 0 Å². The molecule has 0 bridgehead atoms. The van der Waals surface area contributed by atoms with Gasteiger partial charge >= 0.3 is 0 Å². The SMILES string of the molecule is CCc1ccc(CN(C)CCc2nccn2C)cc1. The van der Waals surface area contributed by atoms with Gasteiger partial charge in [-0.05, 0) is 24.6 Å². The molecule has 0 radical (unpaired) electrons. The van der Waals surface area contributed by atoms with Gasteiger partial charge in [0.15, 0.2) is 0 Å². The largest absolute Gasteiger partial charge is 0.338 e. The lowest BCUT2D eigenvalue weighted by molar-refractivity contribution is 0.327. The summed E-state index contributed by atoms with van der Waals surface area (Å²) in [5.74, 6) is 1.15. The zero-order valence-corrected chi connectivity index (χ0v) is 12.1. The number of benzene rings is 1. The molecule has 3 nitrogen and oxygen atoms in total. The third-order valence-corrected chi connectivity index (χ3v) is 3.52. The van der Waals surface area contributed by atoms with E-state index in [-0.39, 0.29) is 0 Å². The number of hydrogen-bond donors (Lipinski definition) is 0. The van der Waals surface area contributed by atoms with Crippen LogP contribution in [0.3, 0.4) is 0 Å². The molecule has 0 N–H and O–H groups in total. The van der Waals surface area contributed by atoms with Gasteiger partial charge < -0.3 is 9.47 Å². The Morgan fingerprint density at radius 1 is 1.16 bits per heavy atom. The van der Waals surface area contributed by atoms with E-state index in [9.17, 15) is 0 Å². The average Bonchev–Trinajstić information content (AvgIpc) is 2.83. The van der Waals surface area contributed by atoms with E-state index in [0.717, 1.165) is 31.8 Å². The maximum absolute atomic E-state index is 4.35. The molecule has 1 aromatic carbocycles. The minimum absolute atomic E-state index is 0.993. The van der Waals surface area contributed by atoms with Crippen LogP contribution in [0, 0.1) is 0 Å². The van der Waals surface area contributed by atoms with E-state index in [2.05, 4.69) is 52.7 Å². The molecule has 102 valence electrons. The molecular weight excluding hydrogens is 234 g/mol. The van der Waals surface area contributed by atoms with Gasteiger partial charge in [-0.3, -0.25) is 0 Å². The summed E-state index contributed by atoms with van der Waals surface area (Å²) in [5, 5.41) is 0. The van der Waals surface area contributed by atoms with Gasteiger partial charge in [-0.25, -0.2) is 4.98 Å². The fourth-order valence-corrected chi connectivity index (χ4v) is 2.20. The van der Waals surface area contributed by atoms with Crippen molar-refractivity contribution in [3.8, 4) is 0 Å². The molecule has 0 unspecified atom stereocenters. The van der Waals surface area contributed by atoms with Crippen LogP contribution in [0.15, 0.2) is 36.7 Å². The second-order valence-corrected chi connectivity index (χ2v) is 5.11. The summed E-state index contributed by atoms with van der Waals surface area (Å²) in [6.45, 7) is 4.21. The lowest BCUT2D eigenvalue weighted by Crippen LogP contribution is -2.21. The number of imidazole rings is 1. The molecule has 0 amide bonds. The third-order valence-electron chi connectivity index (χ3n) is 3.52. The Hall–Kier alpha value is -1.61. The van der Waals surface area contributed by atoms with Crippen LogP contribution in [-0.2, 0) is 26.4 Å². The van der Waals surface area contributed by atoms with Crippen LogP contribution < -0.4 is 0 Å². The lowest BCUT2D eigenvalue weighted by atomic mass is 10.1. The molecule has 3 heteroatoms. The Bertz CT molecular complexity index is 499. The molecular formula is C16H23N3. The first-order valence-electron chi connectivity index (χ1n) is 6.91. The third kappa shape index (κ3) is 3.93. The second-order valence-electron chi connectivity index (χ2n) is 5.11. The zero-order valence-electron chi connectivity index (χ0n) is 12.1. The summed E-state index contributed by atoms with van der Waals surface area (Å²) >= 11 is 0.